The van der Waals surface area contributed by atoms with E-state index in [2.05, 4.69) is 21.9 Å². The zero-order valence-corrected chi connectivity index (χ0v) is 20.7. The van der Waals surface area contributed by atoms with E-state index in [1.807, 2.05) is 60.7 Å². The molecule has 4 aromatic rings. The van der Waals surface area contributed by atoms with Crippen LogP contribution >= 0.6 is 0 Å². The average Bonchev–Trinajstić information content (AvgIpc) is 2.93. The number of unbranched alkanes of at least 4 members (excludes halogenated alkanes) is 1. The van der Waals surface area contributed by atoms with Crippen LogP contribution in [0.1, 0.15) is 12.8 Å². The zero-order valence-electron chi connectivity index (χ0n) is 20.7. The van der Waals surface area contributed by atoms with Crippen molar-refractivity contribution in [1.82, 2.24) is 4.90 Å². The van der Waals surface area contributed by atoms with E-state index in [1.165, 1.54) is 5.69 Å². The molecule has 0 amide bonds. The number of ether oxygens (including phenoxy) is 2. The normalized spacial score (nSPS) is 14.2. The lowest BCUT2D eigenvalue weighted by Crippen LogP contribution is -2.46. The fourth-order valence-electron chi connectivity index (χ4n) is 4.82. The Bertz CT molecular complexity index is 1340. The monoisotopic (exact) mass is 484 g/mol. The van der Waals surface area contributed by atoms with Gasteiger partial charge in [-0.15, -0.1) is 0 Å². The predicted molar refractivity (Wildman–Crippen MR) is 144 cm³/mol. The SMILES string of the molecule is COc1ccccc1N1CCN(CCCCOc2ccc3c(-c4ccccc4)cc(=O)oc3c2)CC1. The Morgan fingerprint density at radius 1 is 0.861 bits per heavy atom. The molecule has 0 atom stereocenters. The average molecular weight is 485 g/mol. The lowest BCUT2D eigenvalue weighted by Gasteiger charge is -2.36. The van der Waals surface area contributed by atoms with Crippen LogP contribution in [0, 0.1) is 0 Å². The predicted octanol–water partition coefficient (Wildman–Crippen LogP) is 5.45. The number of hydrogen-bond donors (Lipinski definition) is 0. The lowest BCUT2D eigenvalue weighted by atomic mass is 10.0. The summed E-state index contributed by atoms with van der Waals surface area (Å²) in [5.41, 5.74) is 3.23. The Hall–Kier alpha value is -3.77. The summed E-state index contributed by atoms with van der Waals surface area (Å²) >= 11 is 0. The molecule has 186 valence electrons. The fourth-order valence-corrected chi connectivity index (χ4v) is 4.82. The highest BCUT2D eigenvalue weighted by Gasteiger charge is 2.19. The van der Waals surface area contributed by atoms with Crippen molar-refractivity contribution in [3.05, 3.63) is 89.3 Å². The molecule has 5 rings (SSSR count). The van der Waals surface area contributed by atoms with E-state index in [9.17, 15) is 4.79 Å². The van der Waals surface area contributed by atoms with Crippen LogP contribution in [0.25, 0.3) is 22.1 Å². The van der Waals surface area contributed by atoms with Gasteiger partial charge in [0.15, 0.2) is 0 Å². The number of nitrogens with zero attached hydrogens (tertiary/aromatic N) is 2. The standard InChI is InChI=1S/C30H32N2O4/c1-34-28-12-6-5-11-27(28)32-18-16-31(17-19-32)15-7-8-20-35-24-13-14-25-26(23-9-3-2-4-10-23)22-30(33)36-29(25)21-24/h2-6,9-14,21-22H,7-8,15-20H2,1H3. The molecule has 1 aliphatic rings. The second-order valence-electron chi connectivity index (χ2n) is 9.06. The maximum atomic E-state index is 12.2. The van der Waals surface area contributed by atoms with Crippen molar-refractivity contribution in [2.45, 2.75) is 12.8 Å². The summed E-state index contributed by atoms with van der Waals surface area (Å²) in [6, 6.07) is 25.4. The molecule has 6 heteroatoms. The molecular weight excluding hydrogens is 452 g/mol. The summed E-state index contributed by atoms with van der Waals surface area (Å²) in [4.78, 5) is 17.1. The minimum absolute atomic E-state index is 0.357. The number of fused-ring (bicyclic) bond motifs is 1. The van der Waals surface area contributed by atoms with E-state index >= 15 is 0 Å². The van der Waals surface area contributed by atoms with Gasteiger partial charge in [0.25, 0.3) is 0 Å². The fraction of sp³-hybridized carbons (Fsp3) is 0.300. The molecule has 0 spiro atoms. The van der Waals surface area contributed by atoms with Gasteiger partial charge in [-0.05, 0) is 54.8 Å². The first kappa shape index (κ1) is 23.9. The largest absolute Gasteiger partial charge is 0.495 e. The van der Waals surface area contributed by atoms with E-state index in [-0.39, 0.29) is 5.63 Å². The second-order valence-corrected chi connectivity index (χ2v) is 9.06. The van der Waals surface area contributed by atoms with Gasteiger partial charge in [0.1, 0.15) is 17.1 Å². The Balaban J connectivity index is 1.10. The number of para-hydroxylation sites is 2. The molecule has 0 aliphatic carbocycles. The van der Waals surface area contributed by atoms with E-state index in [0.717, 1.165) is 73.6 Å². The summed E-state index contributed by atoms with van der Waals surface area (Å²) in [5.74, 6) is 1.66. The number of benzene rings is 3. The van der Waals surface area contributed by atoms with Gasteiger partial charge in [-0.1, -0.05) is 42.5 Å². The van der Waals surface area contributed by atoms with Crippen molar-refractivity contribution in [1.29, 1.82) is 0 Å². The zero-order chi connectivity index (χ0) is 24.7. The number of rotatable bonds is 9. The molecule has 2 heterocycles. The maximum Gasteiger partial charge on any atom is 0.336 e. The molecule has 1 aliphatic heterocycles. The molecule has 36 heavy (non-hydrogen) atoms. The molecule has 0 bridgehead atoms. The minimum Gasteiger partial charge on any atom is -0.495 e. The van der Waals surface area contributed by atoms with Crippen LogP contribution in [0.15, 0.2) is 88.1 Å². The first-order valence-electron chi connectivity index (χ1n) is 12.6. The van der Waals surface area contributed by atoms with Gasteiger partial charge in [0.05, 0.1) is 19.4 Å². The van der Waals surface area contributed by atoms with Crippen molar-refractivity contribution >= 4 is 16.7 Å². The van der Waals surface area contributed by atoms with Gasteiger partial charge < -0.3 is 18.8 Å². The molecule has 1 saturated heterocycles. The number of piperazine rings is 1. The highest BCUT2D eigenvalue weighted by molar-refractivity contribution is 5.93. The maximum absolute atomic E-state index is 12.2. The summed E-state index contributed by atoms with van der Waals surface area (Å²) in [5, 5.41) is 0.903. The summed E-state index contributed by atoms with van der Waals surface area (Å²) in [6.07, 6.45) is 2.05. The number of methoxy groups -OCH3 is 1. The van der Waals surface area contributed by atoms with Crippen molar-refractivity contribution in [3.63, 3.8) is 0 Å². The van der Waals surface area contributed by atoms with Gasteiger partial charge in [-0.25, -0.2) is 4.79 Å². The molecular formula is C30H32N2O4. The van der Waals surface area contributed by atoms with Crippen LogP contribution in [-0.4, -0.2) is 51.3 Å². The minimum atomic E-state index is -0.357. The van der Waals surface area contributed by atoms with Gasteiger partial charge in [0.2, 0.25) is 0 Å². The first-order chi connectivity index (χ1) is 17.7. The van der Waals surface area contributed by atoms with Crippen LogP contribution in [0.4, 0.5) is 5.69 Å². The molecule has 1 aromatic heterocycles. The van der Waals surface area contributed by atoms with Crippen molar-refractivity contribution < 1.29 is 13.9 Å². The third kappa shape index (κ3) is 5.55. The highest BCUT2D eigenvalue weighted by Crippen LogP contribution is 2.30. The van der Waals surface area contributed by atoms with E-state index in [4.69, 9.17) is 13.9 Å². The van der Waals surface area contributed by atoms with Crippen LogP contribution in [0.2, 0.25) is 0 Å². The van der Waals surface area contributed by atoms with Gasteiger partial charge in [-0.3, -0.25) is 4.90 Å². The third-order valence-electron chi connectivity index (χ3n) is 6.74. The summed E-state index contributed by atoms with van der Waals surface area (Å²) in [6.45, 7) is 5.80. The number of hydrogen-bond acceptors (Lipinski definition) is 6. The van der Waals surface area contributed by atoms with Gasteiger partial charge >= 0.3 is 5.63 Å². The highest BCUT2D eigenvalue weighted by atomic mass is 16.5. The van der Waals surface area contributed by atoms with Crippen LogP contribution < -0.4 is 20.0 Å². The Morgan fingerprint density at radius 3 is 2.44 bits per heavy atom. The smallest absolute Gasteiger partial charge is 0.336 e. The van der Waals surface area contributed by atoms with E-state index < -0.39 is 0 Å². The second kappa shape index (κ2) is 11.3. The number of anilines is 1. The van der Waals surface area contributed by atoms with Gasteiger partial charge in [-0.2, -0.15) is 0 Å². The molecule has 3 aromatic carbocycles. The van der Waals surface area contributed by atoms with Crippen molar-refractivity contribution in [2.75, 3.05) is 51.3 Å². The Morgan fingerprint density at radius 2 is 1.64 bits per heavy atom. The molecule has 0 saturated carbocycles. The van der Waals surface area contributed by atoms with Crippen LogP contribution in [-0.2, 0) is 0 Å². The van der Waals surface area contributed by atoms with E-state index in [1.54, 1.807) is 13.2 Å². The quantitative estimate of drug-likeness (QED) is 0.233. The van der Waals surface area contributed by atoms with Crippen LogP contribution in [0.5, 0.6) is 11.5 Å². The molecule has 0 unspecified atom stereocenters. The van der Waals surface area contributed by atoms with Crippen LogP contribution in [0.3, 0.4) is 0 Å². The first-order valence-corrected chi connectivity index (χ1v) is 12.6. The molecule has 6 nitrogen and oxygen atoms in total. The summed E-state index contributed by atoms with van der Waals surface area (Å²) in [7, 11) is 1.73. The Labute approximate surface area is 211 Å². The van der Waals surface area contributed by atoms with Crippen molar-refractivity contribution in [3.8, 4) is 22.6 Å². The Kier molecular flexibility index (Phi) is 7.52. The third-order valence-corrected chi connectivity index (χ3v) is 6.74. The summed E-state index contributed by atoms with van der Waals surface area (Å²) < 4.78 is 17.0. The molecule has 0 N–H and O–H groups in total. The van der Waals surface area contributed by atoms with Crippen molar-refractivity contribution in [2.24, 2.45) is 0 Å². The topological polar surface area (TPSA) is 55.2 Å². The van der Waals surface area contributed by atoms with E-state index in [0.29, 0.717) is 12.2 Å². The molecule has 1 fully saturated rings. The van der Waals surface area contributed by atoms with Gasteiger partial charge in [0, 0.05) is 43.7 Å². The molecule has 0 radical (unpaired) electrons. The lowest BCUT2D eigenvalue weighted by molar-refractivity contribution is 0.238.